The fraction of sp³-hybridized carbons (Fsp3) is 0.500. The number of benzene rings is 1. The second-order valence-electron chi connectivity index (χ2n) is 4.98. The zero-order valence-electron chi connectivity index (χ0n) is 12.5. The standard InChI is InChI=1S/C14H21NO5S/c1-4-19-13(16)14(2,15)9-10-20-11-5-7-12(8-6-11)21(3,17)18/h5-8H,4,9-10,15H2,1-3H3. The highest BCUT2D eigenvalue weighted by molar-refractivity contribution is 7.90. The fourth-order valence-electron chi connectivity index (χ4n) is 1.56. The average molecular weight is 315 g/mol. The first-order chi connectivity index (χ1) is 9.66. The van der Waals surface area contributed by atoms with Gasteiger partial charge in [-0.3, -0.25) is 4.79 Å². The third-order valence-electron chi connectivity index (χ3n) is 2.88. The van der Waals surface area contributed by atoms with Crippen molar-refractivity contribution in [1.82, 2.24) is 0 Å². The quantitative estimate of drug-likeness (QED) is 0.758. The van der Waals surface area contributed by atoms with Gasteiger partial charge in [0.1, 0.15) is 11.3 Å². The molecule has 0 spiro atoms. The summed E-state index contributed by atoms with van der Waals surface area (Å²) in [5.41, 5.74) is 4.75. The Morgan fingerprint density at radius 3 is 2.33 bits per heavy atom. The molecule has 0 amide bonds. The molecular weight excluding hydrogens is 294 g/mol. The van der Waals surface area contributed by atoms with Crippen LogP contribution in [0.3, 0.4) is 0 Å². The van der Waals surface area contributed by atoms with E-state index in [2.05, 4.69) is 0 Å². The summed E-state index contributed by atoms with van der Waals surface area (Å²) >= 11 is 0. The Kier molecular flexibility index (Phi) is 5.74. The molecule has 2 N–H and O–H groups in total. The van der Waals surface area contributed by atoms with E-state index >= 15 is 0 Å². The number of rotatable bonds is 7. The van der Waals surface area contributed by atoms with Crippen molar-refractivity contribution in [3.63, 3.8) is 0 Å². The number of esters is 1. The third kappa shape index (κ3) is 5.35. The van der Waals surface area contributed by atoms with E-state index in [-0.39, 0.29) is 18.1 Å². The van der Waals surface area contributed by atoms with Crippen molar-refractivity contribution in [3.05, 3.63) is 24.3 Å². The van der Waals surface area contributed by atoms with Crippen molar-refractivity contribution >= 4 is 15.8 Å². The number of hydrogen-bond donors (Lipinski definition) is 1. The molecule has 0 saturated heterocycles. The van der Waals surface area contributed by atoms with E-state index in [9.17, 15) is 13.2 Å². The van der Waals surface area contributed by atoms with E-state index in [4.69, 9.17) is 15.2 Å². The lowest BCUT2D eigenvalue weighted by Gasteiger charge is -2.22. The lowest BCUT2D eigenvalue weighted by molar-refractivity contribution is -0.149. The number of carbonyl (C=O) groups is 1. The van der Waals surface area contributed by atoms with Crippen LogP contribution in [0.25, 0.3) is 0 Å². The first-order valence-corrected chi connectivity index (χ1v) is 8.45. The molecule has 0 fully saturated rings. The molecule has 7 heteroatoms. The maximum Gasteiger partial charge on any atom is 0.325 e. The van der Waals surface area contributed by atoms with Crippen molar-refractivity contribution in [2.75, 3.05) is 19.5 Å². The molecule has 0 heterocycles. The lowest BCUT2D eigenvalue weighted by Crippen LogP contribution is -2.47. The molecule has 1 aromatic rings. The van der Waals surface area contributed by atoms with Gasteiger partial charge in [-0.2, -0.15) is 0 Å². The van der Waals surface area contributed by atoms with Gasteiger partial charge in [0.2, 0.25) is 0 Å². The molecule has 21 heavy (non-hydrogen) atoms. The van der Waals surface area contributed by atoms with E-state index in [1.54, 1.807) is 26.0 Å². The number of ether oxygens (including phenoxy) is 2. The molecule has 0 radical (unpaired) electrons. The Morgan fingerprint density at radius 1 is 1.29 bits per heavy atom. The van der Waals surface area contributed by atoms with Gasteiger partial charge in [-0.15, -0.1) is 0 Å². The summed E-state index contributed by atoms with van der Waals surface area (Å²) in [6, 6.07) is 6.07. The van der Waals surface area contributed by atoms with Crippen LogP contribution in [0.15, 0.2) is 29.2 Å². The zero-order chi connectivity index (χ0) is 16.1. The van der Waals surface area contributed by atoms with Gasteiger partial charge in [-0.25, -0.2) is 8.42 Å². The van der Waals surface area contributed by atoms with Gasteiger partial charge in [0.05, 0.1) is 18.1 Å². The van der Waals surface area contributed by atoms with Crippen molar-refractivity contribution in [1.29, 1.82) is 0 Å². The summed E-state index contributed by atoms with van der Waals surface area (Å²) in [6.07, 6.45) is 1.43. The minimum Gasteiger partial charge on any atom is -0.494 e. The Morgan fingerprint density at radius 2 is 1.86 bits per heavy atom. The van der Waals surface area contributed by atoms with E-state index in [0.29, 0.717) is 12.2 Å². The summed E-state index contributed by atoms with van der Waals surface area (Å²) < 4.78 is 33.0. The summed E-state index contributed by atoms with van der Waals surface area (Å²) in [5, 5.41) is 0. The van der Waals surface area contributed by atoms with Gasteiger partial charge < -0.3 is 15.2 Å². The van der Waals surface area contributed by atoms with Crippen molar-refractivity contribution in [2.45, 2.75) is 30.7 Å². The molecule has 6 nitrogen and oxygen atoms in total. The highest BCUT2D eigenvalue weighted by atomic mass is 32.2. The first-order valence-electron chi connectivity index (χ1n) is 6.56. The van der Waals surface area contributed by atoms with E-state index in [1.807, 2.05) is 0 Å². The zero-order valence-corrected chi connectivity index (χ0v) is 13.3. The summed E-state index contributed by atoms with van der Waals surface area (Å²) in [7, 11) is -3.22. The van der Waals surface area contributed by atoms with E-state index in [0.717, 1.165) is 6.26 Å². The van der Waals surface area contributed by atoms with Crippen LogP contribution < -0.4 is 10.5 Å². The van der Waals surface area contributed by atoms with Crippen LogP contribution in [0.5, 0.6) is 5.75 Å². The number of hydrogen-bond acceptors (Lipinski definition) is 6. The van der Waals surface area contributed by atoms with E-state index in [1.165, 1.54) is 12.1 Å². The number of nitrogens with two attached hydrogens (primary N) is 1. The number of carbonyl (C=O) groups excluding carboxylic acids is 1. The van der Waals surface area contributed by atoms with Gasteiger partial charge in [-0.1, -0.05) is 0 Å². The predicted molar refractivity (Wildman–Crippen MR) is 78.9 cm³/mol. The molecule has 1 rings (SSSR count). The van der Waals surface area contributed by atoms with Crippen molar-refractivity contribution in [3.8, 4) is 5.75 Å². The molecule has 0 bridgehead atoms. The Hall–Kier alpha value is -1.60. The van der Waals surface area contributed by atoms with E-state index < -0.39 is 21.3 Å². The minimum atomic E-state index is -3.22. The van der Waals surface area contributed by atoms with Gasteiger partial charge >= 0.3 is 5.97 Å². The van der Waals surface area contributed by atoms with Crippen LogP contribution in [-0.2, 0) is 19.4 Å². The monoisotopic (exact) mass is 315 g/mol. The van der Waals surface area contributed by atoms with Crippen LogP contribution in [0, 0.1) is 0 Å². The Bertz CT molecular complexity index is 578. The van der Waals surface area contributed by atoms with Crippen LogP contribution in [-0.4, -0.2) is 39.4 Å². The molecular formula is C14H21NO5S. The van der Waals surface area contributed by atoms with Crippen LogP contribution in [0.1, 0.15) is 20.3 Å². The molecule has 1 atom stereocenters. The van der Waals surface area contributed by atoms with Gasteiger partial charge in [-0.05, 0) is 38.1 Å². The molecule has 0 aliphatic rings. The third-order valence-corrected chi connectivity index (χ3v) is 4.01. The van der Waals surface area contributed by atoms with Crippen molar-refractivity contribution in [2.24, 2.45) is 5.73 Å². The highest BCUT2D eigenvalue weighted by Gasteiger charge is 2.29. The molecule has 0 saturated carbocycles. The second-order valence-corrected chi connectivity index (χ2v) is 7.00. The lowest BCUT2D eigenvalue weighted by atomic mass is 10.0. The van der Waals surface area contributed by atoms with Gasteiger partial charge in [0.15, 0.2) is 9.84 Å². The largest absolute Gasteiger partial charge is 0.494 e. The van der Waals surface area contributed by atoms with Crippen molar-refractivity contribution < 1.29 is 22.7 Å². The normalized spacial score (nSPS) is 14.3. The van der Waals surface area contributed by atoms with Gasteiger partial charge in [0.25, 0.3) is 0 Å². The van der Waals surface area contributed by atoms with Crippen LogP contribution in [0.2, 0.25) is 0 Å². The molecule has 118 valence electrons. The molecule has 0 aliphatic carbocycles. The SMILES string of the molecule is CCOC(=O)C(C)(N)CCOc1ccc(S(C)(=O)=O)cc1. The highest BCUT2D eigenvalue weighted by Crippen LogP contribution is 2.17. The smallest absolute Gasteiger partial charge is 0.325 e. The summed E-state index contributed by atoms with van der Waals surface area (Å²) in [5.74, 6) is 0.0445. The van der Waals surface area contributed by atoms with Gasteiger partial charge in [0, 0.05) is 12.7 Å². The molecule has 1 unspecified atom stereocenters. The fourth-order valence-corrected chi connectivity index (χ4v) is 2.19. The topological polar surface area (TPSA) is 95.7 Å². The summed E-state index contributed by atoms with van der Waals surface area (Å²) in [4.78, 5) is 11.8. The molecule has 0 aliphatic heterocycles. The minimum absolute atomic E-state index is 0.226. The second kappa shape index (κ2) is 6.91. The maximum atomic E-state index is 11.6. The maximum absolute atomic E-state index is 11.6. The van der Waals surface area contributed by atoms with Crippen LogP contribution >= 0.6 is 0 Å². The Labute approximate surface area is 125 Å². The molecule has 1 aromatic carbocycles. The first kappa shape index (κ1) is 17.5. The predicted octanol–water partition coefficient (Wildman–Crippen LogP) is 1.14. The average Bonchev–Trinajstić information content (AvgIpc) is 2.38. The Balaban J connectivity index is 2.55. The summed E-state index contributed by atoms with van der Waals surface area (Å²) in [6.45, 7) is 3.80. The number of sulfone groups is 1. The molecule has 0 aromatic heterocycles. The van der Waals surface area contributed by atoms with Crippen LogP contribution in [0.4, 0.5) is 0 Å².